The third kappa shape index (κ3) is 7.14. The van der Waals surface area contributed by atoms with E-state index < -0.39 is 0 Å². The molecule has 0 unspecified atom stereocenters. The van der Waals surface area contributed by atoms with E-state index in [1.807, 2.05) is 17.0 Å². The van der Waals surface area contributed by atoms with E-state index >= 15 is 0 Å². The Balaban J connectivity index is 1.21. The number of hydrogen-bond acceptors (Lipinski definition) is 9. The number of carbonyl (C=O) groups excluding carboxylic acids is 1. The van der Waals surface area contributed by atoms with E-state index in [-0.39, 0.29) is 5.91 Å². The first-order chi connectivity index (χ1) is 20.0. The second kappa shape index (κ2) is 13.2. The van der Waals surface area contributed by atoms with E-state index in [1.165, 1.54) is 6.33 Å². The molecule has 0 spiro atoms. The maximum absolute atomic E-state index is 12.5. The van der Waals surface area contributed by atoms with Crippen LogP contribution in [0.2, 0.25) is 5.02 Å². The molecule has 2 N–H and O–H groups in total. The van der Waals surface area contributed by atoms with Crippen LogP contribution >= 0.6 is 11.6 Å². The molecule has 4 aromatic rings. The summed E-state index contributed by atoms with van der Waals surface area (Å²) in [4.78, 5) is 30.1. The molecule has 3 heterocycles. The molecular formula is C30H30ClN7O3. The van der Waals surface area contributed by atoms with Gasteiger partial charge in [-0.15, -0.1) is 0 Å². The normalized spacial score (nSPS) is 13.4. The lowest BCUT2D eigenvalue weighted by atomic mass is 10.2. The molecule has 1 saturated heterocycles. The standard InChI is InChI=1S/C30H30ClN7O3/c1-3-37-11-13-38(14-12-37)10-5-15-41-27-18-25-24(17-26(27)40-2)29(34-20-33-25)35-23-8-9-28(32-19-23)36-30(39)21-6-4-7-22(31)16-21/h1,4,6-9,16-20H,5,10-15H2,2H3,(H,32,36,39)(H,33,34,35). The summed E-state index contributed by atoms with van der Waals surface area (Å²) in [5.74, 6) is 1.92. The van der Waals surface area contributed by atoms with E-state index in [9.17, 15) is 4.79 Å². The molecule has 0 aliphatic carbocycles. The fraction of sp³-hybridized carbons (Fsp3) is 0.267. The Morgan fingerprint density at radius 2 is 1.93 bits per heavy atom. The number of fused-ring (bicyclic) bond motifs is 1. The van der Waals surface area contributed by atoms with Crippen LogP contribution in [0.5, 0.6) is 11.5 Å². The molecule has 1 amide bonds. The molecule has 2 aromatic carbocycles. The predicted molar refractivity (Wildman–Crippen MR) is 160 cm³/mol. The van der Waals surface area contributed by atoms with Crippen molar-refractivity contribution in [1.82, 2.24) is 24.8 Å². The maximum atomic E-state index is 12.5. The van der Waals surface area contributed by atoms with Gasteiger partial charge < -0.3 is 25.0 Å². The smallest absolute Gasteiger partial charge is 0.256 e. The molecule has 0 saturated carbocycles. The van der Waals surface area contributed by atoms with E-state index in [1.54, 1.807) is 49.7 Å². The van der Waals surface area contributed by atoms with Gasteiger partial charge in [0.1, 0.15) is 18.0 Å². The molecule has 2 aromatic heterocycles. The van der Waals surface area contributed by atoms with Crippen molar-refractivity contribution in [3.63, 3.8) is 0 Å². The van der Waals surface area contributed by atoms with Crippen molar-refractivity contribution in [3.8, 4) is 24.0 Å². The van der Waals surface area contributed by atoms with Crippen LogP contribution in [0.15, 0.2) is 61.1 Å². The Morgan fingerprint density at radius 1 is 1.07 bits per heavy atom. The van der Waals surface area contributed by atoms with Crippen LogP contribution in [0.25, 0.3) is 10.9 Å². The number of hydrogen-bond donors (Lipinski definition) is 2. The van der Waals surface area contributed by atoms with Crippen LogP contribution in [-0.4, -0.2) is 77.1 Å². The Kier molecular flexibility index (Phi) is 8.98. The minimum atomic E-state index is -0.296. The number of pyridine rings is 1. The van der Waals surface area contributed by atoms with Crippen molar-refractivity contribution >= 4 is 45.7 Å². The largest absolute Gasteiger partial charge is 0.493 e. The summed E-state index contributed by atoms with van der Waals surface area (Å²) in [5, 5.41) is 7.29. The van der Waals surface area contributed by atoms with Crippen LogP contribution in [0.1, 0.15) is 16.8 Å². The van der Waals surface area contributed by atoms with Gasteiger partial charge in [0.15, 0.2) is 11.5 Å². The zero-order valence-corrected chi connectivity index (χ0v) is 23.4. The highest BCUT2D eigenvalue weighted by molar-refractivity contribution is 6.31. The molecule has 0 radical (unpaired) electrons. The van der Waals surface area contributed by atoms with Gasteiger partial charge in [0.05, 0.1) is 31.1 Å². The topological polar surface area (TPSA) is 105 Å². The van der Waals surface area contributed by atoms with Gasteiger partial charge in [-0.1, -0.05) is 24.1 Å². The van der Waals surface area contributed by atoms with Gasteiger partial charge in [-0.25, -0.2) is 15.0 Å². The average Bonchev–Trinajstić information content (AvgIpc) is 3.00. The number of nitrogens with zero attached hydrogens (tertiary/aromatic N) is 5. The molecular weight excluding hydrogens is 542 g/mol. The fourth-order valence-corrected chi connectivity index (χ4v) is 4.69. The van der Waals surface area contributed by atoms with Gasteiger partial charge in [0.25, 0.3) is 5.91 Å². The highest BCUT2D eigenvalue weighted by Crippen LogP contribution is 2.34. The minimum Gasteiger partial charge on any atom is -0.493 e. The highest BCUT2D eigenvalue weighted by atomic mass is 35.5. The Hall–Kier alpha value is -4.59. The highest BCUT2D eigenvalue weighted by Gasteiger charge is 2.15. The summed E-state index contributed by atoms with van der Waals surface area (Å²) >= 11 is 5.99. The third-order valence-corrected chi connectivity index (χ3v) is 6.94. The SMILES string of the molecule is C#CN1CCN(CCCOc2cc3ncnc(Nc4ccc(NC(=O)c5cccc(Cl)c5)nc4)c3cc2OC)CC1. The van der Waals surface area contributed by atoms with Crippen molar-refractivity contribution < 1.29 is 14.3 Å². The number of nitrogens with one attached hydrogen (secondary N) is 2. The van der Waals surface area contributed by atoms with Crippen LogP contribution < -0.4 is 20.1 Å². The number of anilines is 3. The van der Waals surface area contributed by atoms with Crippen LogP contribution in [-0.2, 0) is 0 Å². The molecule has 210 valence electrons. The van der Waals surface area contributed by atoms with E-state index in [0.29, 0.717) is 51.5 Å². The van der Waals surface area contributed by atoms with Crippen molar-refractivity contribution in [2.45, 2.75) is 6.42 Å². The van der Waals surface area contributed by atoms with Crippen LogP contribution in [0.4, 0.5) is 17.3 Å². The number of halogens is 1. The van der Waals surface area contributed by atoms with Gasteiger partial charge in [-0.3, -0.25) is 9.69 Å². The number of terminal acetylenes is 1. The Labute approximate surface area is 243 Å². The number of piperazine rings is 1. The summed E-state index contributed by atoms with van der Waals surface area (Å²) < 4.78 is 11.7. The van der Waals surface area contributed by atoms with Gasteiger partial charge >= 0.3 is 0 Å². The van der Waals surface area contributed by atoms with E-state index in [2.05, 4.69) is 36.5 Å². The molecule has 1 fully saturated rings. The van der Waals surface area contributed by atoms with Gasteiger partial charge in [0, 0.05) is 60.8 Å². The number of aromatic nitrogens is 3. The zero-order chi connectivity index (χ0) is 28.6. The van der Waals surface area contributed by atoms with Crippen LogP contribution in [0.3, 0.4) is 0 Å². The summed E-state index contributed by atoms with van der Waals surface area (Å²) in [6, 6.07) is 16.7. The first-order valence-corrected chi connectivity index (χ1v) is 13.6. The fourth-order valence-electron chi connectivity index (χ4n) is 4.50. The summed E-state index contributed by atoms with van der Waals surface area (Å²) in [5.41, 5.74) is 1.85. The maximum Gasteiger partial charge on any atom is 0.256 e. The number of ether oxygens (including phenoxy) is 2. The van der Waals surface area contributed by atoms with Gasteiger partial charge in [-0.05, 0) is 42.8 Å². The lowest BCUT2D eigenvalue weighted by Gasteiger charge is -2.32. The predicted octanol–water partition coefficient (Wildman–Crippen LogP) is 4.66. The first kappa shape index (κ1) is 28.0. The lowest BCUT2D eigenvalue weighted by molar-refractivity contribution is 0.102. The second-order valence-electron chi connectivity index (χ2n) is 9.42. The molecule has 1 aliphatic rings. The molecule has 11 heteroatoms. The third-order valence-electron chi connectivity index (χ3n) is 6.71. The summed E-state index contributed by atoms with van der Waals surface area (Å²) in [7, 11) is 1.61. The monoisotopic (exact) mass is 571 g/mol. The quantitative estimate of drug-likeness (QED) is 0.208. The first-order valence-electron chi connectivity index (χ1n) is 13.2. The Bertz CT molecular complexity index is 1550. The summed E-state index contributed by atoms with van der Waals surface area (Å²) in [6.45, 7) is 5.22. The lowest BCUT2D eigenvalue weighted by Crippen LogP contribution is -2.44. The van der Waals surface area contributed by atoms with Crippen molar-refractivity contribution in [3.05, 3.63) is 71.6 Å². The molecule has 1 aliphatic heterocycles. The van der Waals surface area contributed by atoms with E-state index in [4.69, 9.17) is 27.5 Å². The number of methoxy groups -OCH3 is 1. The van der Waals surface area contributed by atoms with Crippen molar-refractivity contribution in [2.24, 2.45) is 0 Å². The zero-order valence-electron chi connectivity index (χ0n) is 22.6. The second-order valence-corrected chi connectivity index (χ2v) is 9.86. The van der Waals surface area contributed by atoms with Gasteiger partial charge in [0.2, 0.25) is 0 Å². The number of rotatable bonds is 10. The molecule has 0 bridgehead atoms. The van der Waals surface area contributed by atoms with E-state index in [0.717, 1.165) is 44.5 Å². The Morgan fingerprint density at radius 3 is 2.66 bits per heavy atom. The molecule has 41 heavy (non-hydrogen) atoms. The minimum absolute atomic E-state index is 0.296. The number of benzene rings is 2. The van der Waals surface area contributed by atoms with Crippen LogP contribution in [0, 0.1) is 12.5 Å². The summed E-state index contributed by atoms with van der Waals surface area (Å²) in [6.07, 6.45) is 9.47. The molecule has 5 rings (SSSR count). The van der Waals surface area contributed by atoms with Crippen molar-refractivity contribution in [2.75, 3.05) is 57.1 Å². The number of carbonyl (C=O) groups is 1. The number of amides is 1. The van der Waals surface area contributed by atoms with Gasteiger partial charge in [-0.2, -0.15) is 0 Å². The molecule has 0 atom stereocenters. The molecule has 10 nitrogen and oxygen atoms in total. The van der Waals surface area contributed by atoms with Crippen molar-refractivity contribution in [1.29, 1.82) is 0 Å². The average molecular weight is 572 g/mol.